The summed E-state index contributed by atoms with van der Waals surface area (Å²) in [5.41, 5.74) is 1.27. The molecule has 0 aromatic carbocycles. The Bertz CT molecular complexity index is 366. The van der Waals surface area contributed by atoms with Crippen LogP contribution in [0.3, 0.4) is 0 Å². The number of piperidine rings is 1. The molecule has 0 aliphatic carbocycles. The molecule has 1 saturated heterocycles. The smallest absolute Gasteiger partial charge is 0.309 e. The highest BCUT2D eigenvalue weighted by Gasteiger charge is 2.27. The molecular formula is C14H22N2O2. The first-order valence-electron chi connectivity index (χ1n) is 6.75. The van der Waals surface area contributed by atoms with Gasteiger partial charge in [0, 0.05) is 19.6 Å². The van der Waals surface area contributed by atoms with E-state index in [9.17, 15) is 4.79 Å². The number of carbonyl (C=O) groups is 1. The van der Waals surface area contributed by atoms with E-state index in [4.69, 9.17) is 4.74 Å². The molecule has 0 aromatic heterocycles. The van der Waals surface area contributed by atoms with Gasteiger partial charge in [-0.15, -0.1) is 0 Å². The van der Waals surface area contributed by atoms with Crippen molar-refractivity contribution in [2.45, 2.75) is 26.7 Å². The Hall–Kier alpha value is -1.45. The number of dihydropyridines is 1. The molecule has 0 saturated carbocycles. The highest BCUT2D eigenvalue weighted by atomic mass is 16.5. The molecule has 2 aliphatic rings. The van der Waals surface area contributed by atoms with Gasteiger partial charge in [-0.2, -0.15) is 0 Å². The number of allylic oxidation sites excluding steroid dienone is 2. The van der Waals surface area contributed by atoms with Gasteiger partial charge in [0.1, 0.15) is 5.82 Å². The highest BCUT2D eigenvalue weighted by molar-refractivity contribution is 5.72. The van der Waals surface area contributed by atoms with Crippen molar-refractivity contribution < 1.29 is 9.53 Å². The lowest BCUT2D eigenvalue weighted by Gasteiger charge is -2.36. The molecule has 2 rings (SSSR count). The summed E-state index contributed by atoms with van der Waals surface area (Å²) in [6.45, 7) is 7.21. The fourth-order valence-electron chi connectivity index (χ4n) is 2.57. The number of nitrogens with one attached hydrogen (secondary N) is 1. The van der Waals surface area contributed by atoms with Gasteiger partial charge in [0.05, 0.1) is 12.5 Å². The molecule has 0 atom stereocenters. The molecule has 2 aliphatic heterocycles. The zero-order valence-electron chi connectivity index (χ0n) is 11.2. The van der Waals surface area contributed by atoms with Crippen molar-refractivity contribution in [3.8, 4) is 0 Å². The largest absolute Gasteiger partial charge is 0.466 e. The van der Waals surface area contributed by atoms with Gasteiger partial charge in [0.15, 0.2) is 0 Å². The lowest BCUT2D eigenvalue weighted by molar-refractivity contribution is -0.149. The topological polar surface area (TPSA) is 41.6 Å². The fraction of sp³-hybridized carbons (Fsp3) is 0.643. The molecule has 4 nitrogen and oxygen atoms in total. The predicted octanol–water partition coefficient (Wildman–Crippen LogP) is 1.65. The monoisotopic (exact) mass is 250 g/mol. The Morgan fingerprint density at radius 3 is 2.83 bits per heavy atom. The van der Waals surface area contributed by atoms with E-state index >= 15 is 0 Å². The normalized spacial score (nSPS) is 20.9. The van der Waals surface area contributed by atoms with E-state index in [0.29, 0.717) is 6.61 Å². The van der Waals surface area contributed by atoms with Crippen LogP contribution in [0.5, 0.6) is 0 Å². The maximum Gasteiger partial charge on any atom is 0.309 e. The highest BCUT2D eigenvalue weighted by Crippen LogP contribution is 2.23. The van der Waals surface area contributed by atoms with Gasteiger partial charge in [-0.1, -0.05) is 12.2 Å². The SMILES string of the molecule is CCOC(=O)C1CCN(C2=C(C)C=CCN2)CC1. The number of nitrogens with zero attached hydrogens (tertiary/aromatic N) is 1. The third-order valence-electron chi connectivity index (χ3n) is 3.56. The van der Waals surface area contributed by atoms with E-state index in [2.05, 4.69) is 29.3 Å². The van der Waals surface area contributed by atoms with E-state index < -0.39 is 0 Å². The van der Waals surface area contributed by atoms with Crippen LogP contribution in [0.25, 0.3) is 0 Å². The minimum Gasteiger partial charge on any atom is -0.466 e. The molecule has 18 heavy (non-hydrogen) atoms. The van der Waals surface area contributed by atoms with Crippen molar-refractivity contribution in [2.75, 3.05) is 26.2 Å². The van der Waals surface area contributed by atoms with E-state index in [1.54, 1.807) is 0 Å². The summed E-state index contributed by atoms with van der Waals surface area (Å²) >= 11 is 0. The van der Waals surface area contributed by atoms with Gasteiger partial charge < -0.3 is 15.0 Å². The molecule has 0 aromatic rings. The summed E-state index contributed by atoms with van der Waals surface area (Å²) in [6, 6.07) is 0. The van der Waals surface area contributed by atoms with Crippen LogP contribution in [-0.2, 0) is 9.53 Å². The Balaban J connectivity index is 1.90. The Kier molecular flexibility index (Phi) is 4.28. The van der Waals surface area contributed by atoms with Gasteiger partial charge in [-0.05, 0) is 32.3 Å². The zero-order valence-corrected chi connectivity index (χ0v) is 11.2. The second-order valence-corrected chi connectivity index (χ2v) is 4.83. The molecule has 1 N–H and O–H groups in total. The van der Waals surface area contributed by atoms with Gasteiger partial charge in [0.2, 0.25) is 0 Å². The molecule has 0 bridgehead atoms. The maximum atomic E-state index is 11.7. The summed E-state index contributed by atoms with van der Waals surface area (Å²) in [5, 5.41) is 3.41. The third-order valence-corrected chi connectivity index (χ3v) is 3.56. The first-order chi connectivity index (χ1) is 8.72. The summed E-state index contributed by atoms with van der Waals surface area (Å²) < 4.78 is 5.09. The van der Waals surface area contributed by atoms with Gasteiger partial charge in [0.25, 0.3) is 0 Å². The first-order valence-corrected chi connectivity index (χ1v) is 6.75. The molecule has 1 fully saturated rings. The van der Waals surface area contributed by atoms with Crippen LogP contribution in [0.2, 0.25) is 0 Å². The summed E-state index contributed by atoms with van der Waals surface area (Å²) in [7, 11) is 0. The Morgan fingerprint density at radius 1 is 1.50 bits per heavy atom. The Labute approximate surface area is 109 Å². The Morgan fingerprint density at radius 2 is 2.22 bits per heavy atom. The molecule has 4 heteroatoms. The quantitative estimate of drug-likeness (QED) is 0.773. The number of ether oxygens (including phenoxy) is 1. The van der Waals surface area contributed by atoms with Crippen LogP contribution in [0.1, 0.15) is 26.7 Å². The number of hydrogen-bond acceptors (Lipinski definition) is 4. The molecule has 0 spiro atoms. The van der Waals surface area contributed by atoms with E-state index in [0.717, 1.165) is 32.5 Å². The van der Waals surface area contributed by atoms with Crippen molar-refractivity contribution >= 4 is 5.97 Å². The number of esters is 1. The van der Waals surface area contributed by atoms with E-state index in [1.807, 2.05) is 6.92 Å². The summed E-state index contributed by atoms with van der Waals surface area (Å²) in [5.74, 6) is 1.28. The van der Waals surface area contributed by atoms with Crippen molar-refractivity contribution in [3.05, 3.63) is 23.5 Å². The molecular weight excluding hydrogens is 228 g/mol. The number of rotatable bonds is 3. The van der Waals surface area contributed by atoms with Crippen LogP contribution in [0.15, 0.2) is 23.5 Å². The standard InChI is InChI=1S/C14H22N2O2/c1-3-18-14(17)12-6-9-16(10-7-12)13-11(2)5-4-8-15-13/h4-5,12,15H,3,6-10H2,1-2H3. The van der Waals surface area contributed by atoms with Gasteiger partial charge in [-0.3, -0.25) is 4.79 Å². The van der Waals surface area contributed by atoms with E-state index in [1.165, 1.54) is 11.4 Å². The van der Waals surface area contributed by atoms with Crippen LogP contribution < -0.4 is 5.32 Å². The van der Waals surface area contributed by atoms with Gasteiger partial charge in [-0.25, -0.2) is 0 Å². The average Bonchev–Trinajstić information content (AvgIpc) is 2.40. The summed E-state index contributed by atoms with van der Waals surface area (Å²) in [4.78, 5) is 14.0. The van der Waals surface area contributed by atoms with Crippen LogP contribution >= 0.6 is 0 Å². The van der Waals surface area contributed by atoms with Crippen LogP contribution in [-0.4, -0.2) is 37.1 Å². The fourth-order valence-corrected chi connectivity index (χ4v) is 2.57. The van der Waals surface area contributed by atoms with Crippen molar-refractivity contribution in [3.63, 3.8) is 0 Å². The zero-order chi connectivity index (χ0) is 13.0. The predicted molar refractivity (Wildman–Crippen MR) is 70.8 cm³/mol. The minimum atomic E-state index is -0.0284. The molecule has 0 unspecified atom stereocenters. The average molecular weight is 250 g/mol. The van der Waals surface area contributed by atoms with Crippen LogP contribution in [0, 0.1) is 5.92 Å². The number of likely N-dealkylation sites (tertiary alicyclic amines) is 1. The number of carbonyl (C=O) groups excluding carboxylic acids is 1. The molecule has 0 radical (unpaired) electrons. The minimum absolute atomic E-state index is 0.0284. The third kappa shape index (κ3) is 2.86. The van der Waals surface area contributed by atoms with Crippen molar-refractivity contribution in [2.24, 2.45) is 5.92 Å². The maximum absolute atomic E-state index is 11.7. The molecule has 2 heterocycles. The van der Waals surface area contributed by atoms with Crippen molar-refractivity contribution in [1.82, 2.24) is 10.2 Å². The van der Waals surface area contributed by atoms with Gasteiger partial charge >= 0.3 is 5.97 Å². The summed E-state index contributed by atoms with van der Waals surface area (Å²) in [6.07, 6.45) is 6.06. The van der Waals surface area contributed by atoms with E-state index in [-0.39, 0.29) is 11.9 Å². The second kappa shape index (κ2) is 5.94. The second-order valence-electron chi connectivity index (χ2n) is 4.83. The molecule has 0 amide bonds. The van der Waals surface area contributed by atoms with Crippen LogP contribution in [0.4, 0.5) is 0 Å². The van der Waals surface area contributed by atoms with Crippen molar-refractivity contribution in [1.29, 1.82) is 0 Å². The molecule has 100 valence electrons. The lowest BCUT2D eigenvalue weighted by Crippen LogP contribution is -2.41. The number of hydrogen-bond donors (Lipinski definition) is 1. The lowest BCUT2D eigenvalue weighted by atomic mass is 9.96. The first kappa shape index (κ1) is 13.0.